The molecule has 90 valence electrons. The van der Waals surface area contributed by atoms with Gasteiger partial charge in [-0.25, -0.2) is 8.78 Å². The van der Waals surface area contributed by atoms with Crippen LogP contribution in [0.5, 0.6) is 5.75 Å². The first-order valence-corrected chi connectivity index (χ1v) is 5.29. The predicted molar refractivity (Wildman–Crippen MR) is 57.7 cm³/mol. The average molecular weight is 230 g/mol. The van der Waals surface area contributed by atoms with Crippen LogP contribution in [0.25, 0.3) is 0 Å². The van der Waals surface area contributed by atoms with Crippen molar-refractivity contribution < 1.29 is 13.5 Å². The molecule has 0 fully saturated rings. The molecular weight excluding hydrogens is 214 g/mol. The number of hydrogen-bond acceptors (Lipinski definition) is 3. The van der Waals surface area contributed by atoms with E-state index in [1.165, 1.54) is 0 Å². The Labute approximate surface area is 93.8 Å². The first-order valence-electron chi connectivity index (χ1n) is 5.29. The number of nitrogens with zero attached hydrogens (tertiary/aromatic N) is 1. The number of hydrogen-bond donors (Lipinski definition) is 1. The van der Waals surface area contributed by atoms with Gasteiger partial charge in [0.05, 0.1) is 5.69 Å². The second-order valence-corrected chi connectivity index (χ2v) is 3.36. The van der Waals surface area contributed by atoms with Gasteiger partial charge in [0.2, 0.25) is 0 Å². The highest BCUT2D eigenvalue weighted by atomic mass is 19.3. The van der Waals surface area contributed by atoms with Crippen molar-refractivity contribution in [2.45, 2.75) is 26.3 Å². The fraction of sp³-hybridized carbons (Fsp3) is 0.545. The van der Waals surface area contributed by atoms with Crippen molar-refractivity contribution in [2.75, 3.05) is 13.2 Å². The van der Waals surface area contributed by atoms with Crippen molar-refractivity contribution in [1.29, 1.82) is 0 Å². The van der Waals surface area contributed by atoms with Crippen LogP contribution in [0.4, 0.5) is 8.78 Å². The summed E-state index contributed by atoms with van der Waals surface area (Å²) in [6.07, 6.45) is 0.153. The summed E-state index contributed by atoms with van der Waals surface area (Å²) in [6, 6.07) is 3.25. The van der Waals surface area contributed by atoms with Crippen LogP contribution >= 0.6 is 0 Å². The lowest BCUT2D eigenvalue weighted by molar-refractivity contribution is 0.0818. The van der Waals surface area contributed by atoms with Crippen LogP contribution in [0.3, 0.4) is 0 Å². The Bertz CT molecular complexity index is 308. The van der Waals surface area contributed by atoms with Gasteiger partial charge in [-0.05, 0) is 19.0 Å². The van der Waals surface area contributed by atoms with Crippen molar-refractivity contribution in [2.24, 2.45) is 0 Å². The Morgan fingerprint density at radius 2 is 2.31 bits per heavy atom. The molecule has 0 aliphatic carbocycles. The molecule has 5 heteroatoms. The van der Waals surface area contributed by atoms with Crippen LogP contribution in [0.2, 0.25) is 0 Å². The van der Waals surface area contributed by atoms with E-state index in [0.29, 0.717) is 12.3 Å². The van der Waals surface area contributed by atoms with E-state index < -0.39 is 13.0 Å². The zero-order chi connectivity index (χ0) is 11.8. The van der Waals surface area contributed by atoms with Crippen LogP contribution in [-0.4, -0.2) is 24.6 Å². The molecule has 0 aliphatic rings. The van der Waals surface area contributed by atoms with Gasteiger partial charge in [0.1, 0.15) is 12.4 Å². The molecule has 0 amide bonds. The molecule has 0 spiro atoms. The SMILES string of the molecule is CCCNCc1cc(OCC(F)F)ccn1. The average Bonchev–Trinajstić information content (AvgIpc) is 2.27. The van der Waals surface area contributed by atoms with Gasteiger partial charge < -0.3 is 10.1 Å². The predicted octanol–water partition coefficient (Wildman–Crippen LogP) is 2.23. The number of aromatic nitrogens is 1. The number of nitrogens with one attached hydrogen (secondary N) is 1. The molecule has 0 saturated carbocycles. The van der Waals surface area contributed by atoms with Gasteiger partial charge in [0.15, 0.2) is 0 Å². The zero-order valence-corrected chi connectivity index (χ0v) is 9.25. The van der Waals surface area contributed by atoms with E-state index in [4.69, 9.17) is 4.74 Å². The fourth-order valence-corrected chi connectivity index (χ4v) is 1.19. The molecule has 1 aromatic rings. The molecule has 1 N–H and O–H groups in total. The van der Waals surface area contributed by atoms with E-state index in [9.17, 15) is 8.78 Å². The van der Waals surface area contributed by atoms with Gasteiger partial charge in [-0.3, -0.25) is 4.98 Å². The maximum atomic E-state index is 11.9. The second kappa shape index (κ2) is 7.11. The van der Waals surface area contributed by atoms with E-state index >= 15 is 0 Å². The fourth-order valence-electron chi connectivity index (χ4n) is 1.19. The number of rotatable bonds is 7. The Balaban J connectivity index is 2.43. The first kappa shape index (κ1) is 12.8. The van der Waals surface area contributed by atoms with E-state index in [1.54, 1.807) is 18.3 Å². The summed E-state index contributed by atoms with van der Waals surface area (Å²) in [5.41, 5.74) is 0.792. The first-order chi connectivity index (χ1) is 7.72. The third-order valence-corrected chi connectivity index (χ3v) is 1.90. The summed E-state index contributed by atoms with van der Waals surface area (Å²) in [4.78, 5) is 4.11. The standard InChI is InChI=1S/C11H16F2N2O/c1-2-4-14-7-9-6-10(3-5-15-9)16-8-11(12)13/h3,5-6,11,14H,2,4,7-8H2,1H3. The van der Waals surface area contributed by atoms with Crippen LogP contribution < -0.4 is 10.1 Å². The third-order valence-electron chi connectivity index (χ3n) is 1.90. The third kappa shape index (κ3) is 5.02. The van der Waals surface area contributed by atoms with Gasteiger partial charge in [0, 0.05) is 18.8 Å². The monoisotopic (exact) mass is 230 g/mol. The molecule has 0 bridgehead atoms. The highest BCUT2D eigenvalue weighted by Crippen LogP contribution is 2.11. The molecule has 0 atom stereocenters. The maximum Gasteiger partial charge on any atom is 0.272 e. The summed E-state index contributed by atoms with van der Waals surface area (Å²) < 4.78 is 28.7. The summed E-state index contributed by atoms with van der Waals surface area (Å²) in [5, 5.41) is 3.18. The lowest BCUT2D eigenvalue weighted by Gasteiger charge is -2.07. The molecule has 16 heavy (non-hydrogen) atoms. The van der Waals surface area contributed by atoms with E-state index in [1.807, 2.05) is 0 Å². The van der Waals surface area contributed by atoms with Gasteiger partial charge in [-0.2, -0.15) is 0 Å². The minimum atomic E-state index is -2.45. The molecule has 3 nitrogen and oxygen atoms in total. The molecule has 0 aliphatic heterocycles. The van der Waals surface area contributed by atoms with Crippen molar-refractivity contribution in [3.05, 3.63) is 24.0 Å². The molecule has 1 heterocycles. The lowest BCUT2D eigenvalue weighted by atomic mass is 10.3. The molecule has 1 rings (SSSR count). The zero-order valence-electron chi connectivity index (χ0n) is 9.25. The molecule has 1 aromatic heterocycles. The minimum absolute atomic E-state index is 0.434. The van der Waals surface area contributed by atoms with Crippen LogP contribution in [0.1, 0.15) is 19.0 Å². The molecule has 0 aromatic carbocycles. The van der Waals surface area contributed by atoms with Gasteiger partial charge in [-0.1, -0.05) is 6.92 Å². The summed E-state index contributed by atoms with van der Waals surface area (Å²) in [5.74, 6) is 0.434. The van der Waals surface area contributed by atoms with Gasteiger partial charge in [0.25, 0.3) is 6.43 Å². The normalized spacial score (nSPS) is 10.8. The summed E-state index contributed by atoms with van der Waals surface area (Å²) >= 11 is 0. The summed E-state index contributed by atoms with van der Waals surface area (Å²) in [6.45, 7) is 3.03. The molecule has 0 saturated heterocycles. The smallest absolute Gasteiger partial charge is 0.272 e. The maximum absolute atomic E-state index is 11.9. The minimum Gasteiger partial charge on any atom is -0.488 e. The summed E-state index contributed by atoms with van der Waals surface area (Å²) in [7, 11) is 0. The molecule has 0 radical (unpaired) electrons. The number of ether oxygens (including phenoxy) is 1. The van der Waals surface area contributed by atoms with Crippen molar-refractivity contribution in [3.8, 4) is 5.75 Å². The van der Waals surface area contributed by atoms with Crippen molar-refractivity contribution in [1.82, 2.24) is 10.3 Å². The van der Waals surface area contributed by atoms with E-state index in [0.717, 1.165) is 18.7 Å². The number of halogens is 2. The van der Waals surface area contributed by atoms with Gasteiger partial charge in [-0.15, -0.1) is 0 Å². The topological polar surface area (TPSA) is 34.1 Å². The molecule has 0 unspecified atom stereocenters. The van der Waals surface area contributed by atoms with E-state index in [-0.39, 0.29) is 0 Å². The van der Waals surface area contributed by atoms with Crippen molar-refractivity contribution in [3.63, 3.8) is 0 Å². The Hall–Kier alpha value is -1.23. The molecular formula is C11H16F2N2O. The lowest BCUT2D eigenvalue weighted by Crippen LogP contribution is -2.15. The van der Waals surface area contributed by atoms with Crippen LogP contribution in [0.15, 0.2) is 18.3 Å². The largest absolute Gasteiger partial charge is 0.488 e. The van der Waals surface area contributed by atoms with Gasteiger partial charge >= 0.3 is 0 Å². The Kier molecular flexibility index (Phi) is 5.71. The Morgan fingerprint density at radius 3 is 3.00 bits per heavy atom. The highest BCUT2D eigenvalue weighted by molar-refractivity contribution is 5.22. The highest BCUT2D eigenvalue weighted by Gasteiger charge is 2.04. The Morgan fingerprint density at radius 1 is 1.50 bits per heavy atom. The number of alkyl halides is 2. The van der Waals surface area contributed by atoms with Crippen molar-refractivity contribution >= 4 is 0 Å². The van der Waals surface area contributed by atoms with E-state index in [2.05, 4.69) is 17.2 Å². The van der Waals surface area contributed by atoms with Crippen LogP contribution in [-0.2, 0) is 6.54 Å². The quantitative estimate of drug-likeness (QED) is 0.729. The second-order valence-electron chi connectivity index (χ2n) is 3.36. The number of pyridine rings is 1. The van der Waals surface area contributed by atoms with Crippen LogP contribution in [0, 0.1) is 0 Å².